The van der Waals surface area contributed by atoms with Crippen molar-refractivity contribution in [3.63, 3.8) is 0 Å². The van der Waals surface area contributed by atoms with E-state index in [0.29, 0.717) is 13.2 Å². The van der Waals surface area contributed by atoms with Crippen LogP contribution in [0.1, 0.15) is 11.1 Å². The molecule has 0 heterocycles. The van der Waals surface area contributed by atoms with Crippen molar-refractivity contribution in [2.75, 3.05) is 12.4 Å². The van der Waals surface area contributed by atoms with Crippen molar-refractivity contribution in [3.8, 4) is 0 Å². The fraction of sp³-hybridized carbons (Fsp3) is 0.200. The Bertz CT molecular complexity index is 629. The van der Waals surface area contributed by atoms with Crippen molar-refractivity contribution >= 4 is 11.4 Å². The van der Waals surface area contributed by atoms with Crippen LogP contribution in [-0.4, -0.2) is 12.0 Å². The van der Waals surface area contributed by atoms with Crippen LogP contribution in [-0.2, 0) is 17.9 Å². The van der Waals surface area contributed by atoms with Gasteiger partial charge in [0.15, 0.2) is 5.82 Å². The summed E-state index contributed by atoms with van der Waals surface area (Å²) in [4.78, 5) is 10.3. The Balaban J connectivity index is 2.11. The number of methoxy groups -OCH3 is 1. The van der Waals surface area contributed by atoms with E-state index in [1.165, 1.54) is 18.2 Å². The zero-order valence-corrected chi connectivity index (χ0v) is 11.5. The maximum Gasteiger partial charge on any atom is 0.295 e. The smallest absolute Gasteiger partial charge is 0.295 e. The average molecular weight is 290 g/mol. The molecule has 0 unspecified atom stereocenters. The fourth-order valence-electron chi connectivity index (χ4n) is 1.95. The molecular weight excluding hydrogens is 275 g/mol. The van der Waals surface area contributed by atoms with Crippen molar-refractivity contribution in [1.82, 2.24) is 0 Å². The van der Waals surface area contributed by atoms with E-state index >= 15 is 0 Å². The quantitative estimate of drug-likeness (QED) is 0.653. The Labute approximate surface area is 121 Å². The maximum absolute atomic E-state index is 13.7. The number of anilines is 1. The molecule has 21 heavy (non-hydrogen) atoms. The van der Waals surface area contributed by atoms with Crippen molar-refractivity contribution in [2.45, 2.75) is 13.2 Å². The number of para-hydroxylation sites is 1. The largest absolute Gasteiger partial charge is 0.380 e. The van der Waals surface area contributed by atoms with Crippen LogP contribution in [0, 0.1) is 15.9 Å². The van der Waals surface area contributed by atoms with Crippen LogP contribution < -0.4 is 5.32 Å². The molecule has 1 N–H and O–H groups in total. The minimum atomic E-state index is -0.639. The third-order valence-corrected chi connectivity index (χ3v) is 2.99. The molecule has 0 saturated carbocycles. The van der Waals surface area contributed by atoms with Crippen LogP contribution in [0.15, 0.2) is 42.5 Å². The number of hydrogen-bond acceptors (Lipinski definition) is 4. The molecule has 5 nitrogen and oxygen atoms in total. The van der Waals surface area contributed by atoms with Crippen LogP contribution in [0.5, 0.6) is 0 Å². The van der Waals surface area contributed by atoms with E-state index in [4.69, 9.17) is 4.74 Å². The number of nitro groups is 1. The molecule has 0 aliphatic heterocycles. The fourth-order valence-corrected chi connectivity index (χ4v) is 1.95. The molecule has 0 aromatic heterocycles. The van der Waals surface area contributed by atoms with E-state index in [1.807, 2.05) is 24.3 Å². The van der Waals surface area contributed by atoms with Gasteiger partial charge in [0.1, 0.15) is 5.69 Å². The number of rotatable bonds is 6. The minimum absolute atomic E-state index is 0.0940. The van der Waals surface area contributed by atoms with E-state index in [2.05, 4.69) is 5.32 Å². The molecule has 2 rings (SSSR count). The van der Waals surface area contributed by atoms with Crippen LogP contribution in [0.4, 0.5) is 15.8 Å². The van der Waals surface area contributed by atoms with Gasteiger partial charge in [-0.05, 0) is 17.2 Å². The molecule has 0 radical (unpaired) electrons. The molecular formula is C15H15FN2O3. The van der Waals surface area contributed by atoms with E-state index in [9.17, 15) is 14.5 Å². The molecule has 0 atom stereocenters. The molecule has 110 valence electrons. The second-order valence-corrected chi connectivity index (χ2v) is 4.49. The highest BCUT2D eigenvalue weighted by molar-refractivity contribution is 5.62. The van der Waals surface area contributed by atoms with Gasteiger partial charge < -0.3 is 10.1 Å². The standard InChI is InChI=1S/C15H15FN2O3/c1-21-10-12-7-5-11(6-8-12)9-17-15-13(16)3-2-4-14(15)18(19)20/h2-8,17H,9-10H2,1H3. The van der Waals surface area contributed by atoms with Gasteiger partial charge in [0, 0.05) is 19.7 Å². The van der Waals surface area contributed by atoms with Crippen molar-refractivity contribution in [2.24, 2.45) is 0 Å². The monoisotopic (exact) mass is 290 g/mol. The highest BCUT2D eigenvalue weighted by Crippen LogP contribution is 2.27. The second kappa shape index (κ2) is 6.81. The molecule has 6 heteroatoms. The zero-order valence-electron chi connectivity index (χ0n) is 11.5. The minimum Gasteiger partial charge on any atom is -0.380 e. The van der Waals surface area contributed by atoms with Crippen LogP contribution in [0.2, 0.25) is 0 Å². The van der Waals surface area contributed by atoms with Crippen LogP contribution in [0.25, 0.3) is 0 Å². The summed E-state index contributed by atoms with van der Waals surface area (Å²) < 4.78 is 18.7. The predicted molar refractivity (Wildman–Crippen MR) is 77.5 cm³/mol. The third-order valence-electron chi connectivity index (χ3n) is 2.99. The topological polar surface area (TPSA) is 64.4 Å². The van der Waals surface area contributed by atoms with Gasteiger partial charge in [0.2, 0.25) is 0 Å². The molecule has 0 aliphatic rings. The number of hydrogen-bond donors (Lipinski definition) is 1. The molecule has 2 aromatic rings. The van der Waals surface area contributed by atoms with Crippen molar-refractivity contribution in [3.05, 3.63) is 69.5 Å². The lowest BCUT2D eigenvalue weighted by Crippen LogP contribution is -2.05. The molecule has 0 amide bonds. The number of nitrogens with one attached hydrogen (secondary N) is 1. The predicted octanol–water partition coefficient (Wildman–Crippen LogP) is 3.49. The number of nitrogens with zero attached hydrogens (tertiary/aromatic N) is 1. The Hall–Kier alpha value is -2.47. The first-order chi connectivity index (χ1) is 10.1. The van der Waals surface area contributed by atoms with Gasteiger partial charge in [0.25, 0.3) is 5.69 Å². The molecule has 0 fully saturated rings. The lowest BCUT2D eigenvalue weighted by molar-refractivity contribution is -0.384. The highest BCUT2D eigenvalue weighted by Gasteiger charge is 2.17. The van der Waals surface area contributed by atoms with Gasteiger partial charge in [-0.3, -0.25) is 10.1 Å². The second-order valence-electron chi connectivity index (χ2n) is 4.49. The lowest BCUT2D eigenvalue weighted by atomic mass is 10.1. The molecule has 0 spiro atoms. The molecule has 2 aromatic carbocycles. The van der Waals surface area contributed by atoms with E-state index in [1.54, 1.807) is 7.11 Å². The number of halogens is 1. The first-order valence-electron chi connectivity index (χ1n) is 6.35. The maximum atomic E-state index is 13.7. The Morgan fingerprint density at radius 1 is 1.19 bits per heavy atom. The number of ether oxygens (including phenoxy) is 1. The first kappa shape index (κ1) is 14.9. The average Bonchev–Trinajstić information content (AvgIpc) is 2.47. The summed E-state index contributed by atoms with van der Waals surface area (Å²) in [6.45, 7) is 0.821. The van der Waals surface area contributed by atoms with E-state index < -0.39 is 10.7 Å². The Kier molecular flexibility index (Phi) is 4.84. The zero-order chi connectivity index (χ0) is 15.2. The first-order valence-corrected chi connectivity index (χ1v) is 6.35. The van der Waals surface area contributed by atoms with Crippen molar-refractivity contribution in [1.29, 1.82) is 0 Å². The van der Waals surface area contributed by atoms with E-state index in [0.717, 1.165) is 11.1 Å². The summed E-state index contributed by atoms with van der Waals surface area (Å²) in [6.07, 6.45) is 0. The Morgan fingerprint density at radius 3 is 2.48 bits per heavy atom. The van der Waals surface area contributed by atoms with Crippen molar-refractivity contribution < 1.29 is 14.1 Å². The number of nitro benzene ring substituents is 1. The summed E-state index contributed by atoms with van der Waals surface area (Å²) in [5.74, 6) is -0.639. The third kappa shape index (κ3) is 3.76. The van der Waals surface area contributed by atoms with Gasteiger partial charge in [-0.2, -0.15) is 0 Å². The normalized spacial score (nSPS) is 10.4. The van der Waals surface area contributed by atoms with E-state index in [-0.39, 0.29) is 11.4 Å². The Morgan fingerprint density at radius 2 is 1.86 bits per heavy atom. The summed E-state index contributed by atoms with van der Waals surface area (Å²) in [5, 5.41) is 13.7. The van der Waals surface area contributed by atoms with Gasteiger partial charge in [0.05, 0.1) is 11.5 Å². The van der Waals surface area contributed by atoms with Gasteiger partial charge >= 0.3 is 0 Å². The SMILES string of the molecule is COCc1ccc(CNc2c(F)cccc2[N+](=O)[O-])cc1. The highest BCUT2D eigenvalue weighted by atomic mass is 19.1. The van der Waals surface area contributed by atoms with Crippen LogP contribution in [0.3, 0.4) is 0 Å². The summed E-state index contributed by atoms with van der Waals surface area (Å²) >= 11 is 0. The van der Waals surface area contributed by atoms with Gasteiger partial charge in [-0.15, -0.1) is 0 Å². The van der Waals surface area contributed by atoms with Gasteiger partial charge in [-0.1, -0.05) is 30.3 Å². The molecule has 0 bridgehead atoms. The summed E-state index contributed by atoms with van der Waals surface area (Å²) in [6, 6.07) is 11.3. The van der Waals surface area contributed by atoms with Gasteiger partial charge in [-0.25, -0.2) is 4.39 Å². The summed E-state index contributed by atoms with van der Waals surface area (Å²) in [7, 11) is 1.62. The molecule has 0 aliphatic carbocycles. The summed E-state index contributed by atoms with van der Waals surface area (Å²) in [5.41, 5.74) is 1.56. The number of benzene rings is 2. The molecule has 0 saturated heterocycles. The lowest BCUT2D eigenvalue weighted by Gasteiger charge is -2.09. The van der Waals surface area contributed by atoms with Crippen LogP contribution >= 0.6 is 0 Å².